The summed E-state index contributed by atoms with van der Waals surface area (Å²) in [5.74, 6) is 0.733. The maximum atomic E-state index is 12.8. The Bertz CT molecular complexity index is 559. The van der Waals surface area contributed by atoms with E-state index in [-0.39, 0.29) is 24.0 Å². The van der Waals surface area contributed by atoms with E-state index < -0.39 is 12.2 Å². The van der Waals surface area contributed by atoms with Gasteiger partial charge < -0.3 is 10.2 Å². The van der Waals surface area contributed by atoms with Gasteiger partial charge in [0.15, 0.2) is 5.96 Å². The minimum absolute atomic E-state index is 0. The average molecular weight is 511 g/mol. The lowest BCUT2D eigenvalue weighted by Gasteiger charge is -2.39. The molecule has 2 rings (SSSR count). The van der Waals surface area contributed by atoms with Crippen LogP contribution in [0.5, 0.6) is 0 Å². The van der Waals surface area contributed by atoms with Crippen molar-refractivity contribution in [1.29, 1.82) is 0 Å². The van der Waals surface area contributed by atoms with Crippen LogP contribution in [0, 0.1) is 0 Å². The minimum atomic E-state index is -4.18. The monoisotopic (exact) mass is 510 g/mol. The number of nitrogens with one attached hydrogen (secondary N) is 1. The van der Waals surface area contributed by atoms with E-state index in [0.29, 0.717) is 32.7 Å². The summed E-state index contributed by atoms with van der Waals surface area (Å²) in [5, 5.41) is 3.27. The predicted octanol–water partition coefficient (Wildman–Crippen LogP) is 3.71. The van der Waals surface area contributed by atoms with Gasteiger partial charge in [-0.1, -0.05) is 11.6 Å². The Kier molecular flexibility index (Phi) is 9.27. The van der Waals surface area contributed by atoms with Crippen molar-refractivity contribution in [2.24, 2.45) is 4.99 Å². The third-order valence-electron chi connectivity index (χ3n) is 4.13. The second kappa shape index (κ2) is 10.2. The van der Waals surface area contributed by atoms with Crippen molar-refractivity contribution in [1.82, 2.24) is 15.1 Å². The molecule has 10 heteroatoms. The molecule has 1 saturated heterocycles. The standard InChI is InChI=1S/C15H22ClF3N4S.HI/c1-11(15(17,18)19)22-7-9-23(10-8-22)14(20-2)21-6-5-12-3-4-13(16)24-12;/h3-4,11H,5-10H2,1-2H3,(H,20,21);1H. The van der Waals surface area contributed by atoms with Crippen molar-refractivity contribution in [2.75, 3.05) is 39.8 Å². The van der Waals surface area contributed by atoms with Crippen LogP contribution in [0.4, 0.5) is 13.2 Å². The molecular weight excluding hydrogens is 488 g/mol. The average Bonchev–Trinajstić information content (AvgIpc) is 2.96. The van der Waals surface area contributed by atoms with Crippen LogP contribution in [-0.4, -0.2) is 67.7 Å². The molecule has 25 heavy (non-hydrogen) atoms. The third-order valence-corrected chi connectivity index (χ3v) is 5.42. The fourth-order valence-corrected chi connectivity index (χ4v) is 3.73. The van der Waals surface area contributed by atoms with Gasteiger partial charge in [-0.05, 0) is 25.5 Å². The molecule has 0 radical (unpaired) electrons. The van der Waals surface area contributed by atoms with E-state index in [9.17, 15) is 13.2 Å². The Balaban J connectivity index is 0.00000312. The summed E-state index contributed by atoms with van der Waals surface area (Å²) in [7, 11) is 1.69. The number of piperazine rings is 1. The van der Waals surface area contributed by atoms with Gasteiger partial charge in [-0.2, -0.15) is 13.2 Å². The van der Waals surface area contributed by atoms with E-state index in [1.54, 1.807) is 18.4 Å². The maximum absolute atomic E-state index is 12.8. The van der Waals surface area contributed by atoms with E-state index in [0.717, 1.165) is 16.7 Å². The number of aliphatic imine (C=N–C) groups is 1. The highest BCUT2D eigenvalue weighted by molar-refractivity contribution is 14.0. The van der Waals surface area contributed by atoms with Crippen LogP contribution in [0.3, 0.4) is 0 Å². The third kappa shape index (κ3) is 6.76. The molecule has 0 amide bonds. The largest absolute Gasteiger partial charge is 0.403 e. The molecule has 144 valence electrons. The summed E-state index contributed by atoms with van der Waals surface area (Å²) >= 11 is 7.45. The van der Waals surface area contributed by atoms with Crippen molar-refractivity contribution in [3.63, 3.8) is 0 Å². The topological polar surface area (TPSA) is 30.9 Å². The maximum Gasteiger partial charge on any atom is 0.403 e. The number of guanidine groups is 1. The van der Waals surface area contributed by atoms with Gasteiger partial charge in [-0.3, -0.25) is 9.89 Å². The Morgan fingerprint density at radius 2 is 1.96 bits per heavy atom. The van der Waals surface area contributed by atoms with Crippen LogP contribution in [-0.2, 0) is 6.42 Å². The van der Waals surface area contributed by atoms with Gasteiger partial charge in [0.1, 0.15) is 6.04 Å². The fourth-order valence-electron chi connectivity index (χ4n) is 2.64. The number of hydrogen-bond acceptors (Lipinski definition) is 3. The highest BCUT2D eigenvalue weighted by atomic mass is 127. The predicted molar refractivity (Wildman–Crippen MR) is 108 cm³/mol. The molecule has 1 aliphatic heterocycles. The van der Waals surface area contributed by atoms with Crippen LogP contribution in [0.2, 0.25) is 4.34 Å². The van der Waals surface area contributed by atoms with Crippen molar-refractivity contribution in [2.45, 2.75) is 25.6 Å². The van der Waals surface area contributed by atoms with Crippen LogP contribution in [0.25, 0.3) is 0 Å². The molecule has 1 N–H and O–H groups in total. The summed E-state index contributed by atoms with van der Waals surface area (Å²) < 4.78 is 39.1. The second-order valence-electron chi connectivity index (χ2n) is 5.67. The highest BCUT2D eigenvalue weighted by Crippen LogP contribution is 2.25. The molecule has 0 spiro atoms. The lowest BCUT2D eigenvalue weighted by atomic mass is 10.2. The van der Waals surface area contributed by atoms with Crippen LogP contribution < -0.4 is 5.32 Å². The normalized spacial score (nSPS) is 18.0. The zero-order chi connectivity index (χ0) is 17.7. The Labute approximate surface area is 172 Å². The van der Waals surface area contributed by atoms with Gasteiger partial charge in [-0.15, -0.1) is 35.3 Å². The SMILES string of the molecule is CN=C(NCCc1ccc(Cl)s1)N1CCN(C(C)C(F)(F)F)CC1.I. The molecule has 0 bridgehead atoms. The molecule has 1 aliphatic rings. The van der Waals surface area contributed by atoms with Gasteiger partial charge in [0, 0.05) is 44.6 Å². The smallest absolute Gasteiger partial charge is 0.356 e. The summed E-state index contributed by atoms with van der Waals surface area (Å²) in [4.78, 5) is 8.89. The Hall–Kier alpha value is -0.260. The van der Waals surface area contributed by atoms with Crippen molar-refractivity contribution >= 4 is 52.9 Å². The van der Waals surface area contributed by atoms with Gasteiger partial charge in [-0.25, -0.2) is 0 Å². The molecule has 1 aromatic rings. The summed E-state index contributed by atoms with van der Waals surface area (Å²) in [6.07, 6.45) is -3.34. The Morgan fingerprint density at radius 1 is 1.32 bits per heavy atom. The quantitative estimate of drug-likeness (QED) is 0.381. The first-order chi connectivity index (χ1) is 11.3. The van der Waals surface area contributed by atoms with Gasteiger partial charge in [0.05, 0.1) is 4.34 Å². The molecule has 1 atom stereocenters. The zero-order valence-corrected chi connectivity index (χ0v) is 18.0. The molecule has 1 aromatic heterocycles. The van der Waals surface area contributed by atoms with Crippen LogP contribution in [0.15, 0.2) is 17.1 Å². The minimum Gasteiger partial charge on any atom is -0.356 e. The molecule has 0 aromatic carbocycles. The number of halogens is 5. The highest BCUT2D eigenvalue weighted by Gasteiger charge is 2.41. The molecule has 1 fully saturated rings. The summed E-state index contributed by atoms with van der Waals surface area (Å²) in [5.41, 5.74) is 0. The van der Waals surface area contributed by atoms with E-state index >= 15 is 0 Å². The Morgan fingerprint density at radius 3 is 2.44 bits per heavy atom. The lowest BCUT2D eigenvalue weighted by Crippen LogP contribution is -2.56. The number of nitrogens with zero attached hydrogens (tertiary/aromatic N) is 3. The number of rotatable bonds is 4. The van der Waals surface area contributed by atoms with E-state index in [1.807, 2.05) is 17.0 Å². The van der Waals surface area contributed by atoms with Crippen LogP contribution >= 0.6 is 46.9 Å². The first kappa shape index (κ1) is 22.8. The molecular formula is C15H23ClF3IN4S. The van der Waals surface area contributed by atoms with Crippen molar-refractivity contribution in [3.05, 3.63) is 21.3 Å². The van der Waals surface area contributed by atoms with Crippen molar-refractivity contribution < 1.29 is 13.2 Å². The lowest BCUT2D eigenvalue weighted by molar-refractivity contribution is -0.181. The molecule has 4 nitrogen and oxygen atoms in total. The number of hydrogen-bond donors (Lipinski definition) is 1. The van der Waals surface area contributed by atoms with E-state index in [4.69, 9.17) is 11.6 Å². The number of alkyl halides is 3. The van der Waals surface area contributed by atoms with Crippen LogP contribution in [0.1, 0.15) is 11.8 Å². The first-order valence-electron chi connectivity index (χ1n) is 7.82. The second-order valence-corrected chi connectivity index (χ2v) is 7.47. The zero-order valence-electron chi connectivity index (χ0n) is 14.1. The first-order valence-corrected chi connectivity index (χ1v) is 9.01. The molecule has 2 heterocycles. The molecule has 0 saturated carbocycles. The van der Waals surface area contributed by atoms with Gasteiger partial charge >= 0.3 is 6.18 Å². The number of thiophene rings is 1. The summed E-state index contributed by atoms with van der Waals surface area (Å²) in [6.45, 7) is 3.75. The van der Waals surface area contributed by atoms with Crippen molar-refractivity contribution in [3.8, 4) is 0 Å². The molecule has 0 aliphatic carbocycles. The van der Waals surface area contributed by atoms with E-state index in [1.165, 1.54) is 16.7 Å². The van der Waals surface area contributed by atoms with Gasteiger partial charge in [0.25, 0.3) is 0 Å². The summed E-state index contributed by atoms with van der Waals surface area (Å²) in [6, 6.07) is 2.46. The van der Waals surface area contributed by atoms with Gasteiger partial charge in [0.2, 0.25) is 0 Å². The fraction of sp³-hybridized carbons (Fsp3) is 0.667. The molecule has 1 unspecified atom stereocenters. The van der Waals surface area contributed by atoms with E-state index in [2.05, 4.69) is 10.3 Å².